The monoisotopic (exact) mass is 387 g/mol. The number of hydrogen-bond acceptors (Lipinski definition) is 6. The van der Waals surface area contributed by atoms with Gasteiger partial charge in [-0.3, -0.25) is 24.1 Å². The zero-order valence-electron chi connectivity index (χ0n) is 16.4. The maximum atomic E-state index is 13.1. The molecule has 3 amide bonds. The topological polar surface area (TPSA) is 110 Å². The second-order valence-corrected chi connectivity index (χ2v) is 7.88. The molecule has 1 atom stereocenters. The number of carbonyl (C=O) groups is 4. The molecule has 2 N–H and O–H groups in total. The number of ether oxygens (including phenoxy) is 1. The van der Waals surface area contributed by atoms with E-state index in [0.29, 0.717) is 18.7 Å². The van der Waals surface area contributed by atoms with Gasteiger partial charge >= 0.3 is 5.97 Å². The number of methoxy groups -OCH3 is 1. The van der Waals surface area contributed by atoms with Gasteiger partial charge in [0.25, 0.3) is 11.8 Å². The lowest BCUT2D eigenvalue weighted by molar-refractivity contribution is -0.159. The van der Waals surface area contributed by atoms with Crippen molar-refractivity contribution in [3.05, 3.63) is 34.9 Å². The lowest BCUT2D eigenvalue weighted by atomic mass is 9.91. The number of hydrogen-bond donors (Lipinski definition) is 1. The predicted molar refractivity (Wildman–Crippen MR) is 99.7 cm³/mol. The zero-order valence-corrected chi connectivity index (χ0v) is 16.4. The molecule has 0 radical (unpaired) electrons. The van der Waals surface area contributed by atoms with Gasteiger partial charge in [-0.1, -0.05) is 12.1 Å². The van der Waals surface area contributed by atoms with E-state index in [1.807, 2.05) is 6.07 Å². The van der Waals surface area contributed by atoms with Gasteiger partial charge in [-0.2, -0.15) is 0 Å². The summed E-state index contributed by atoms with van der Waals surface area (Å²) in [5.41, 5.74) is 6.95. The standard InChI is InChI=1S/C20H25N3O5/c1-20(2,19(27)28-3)11-23-16(24)7-6-15(18(23)26)22-10-13-8-12(9-21)4-5-14(13)17(22)25/h4-5,8,15H,6-7,9-11,21H2,1-3H3. The average Bonchev–Trinajstić information content (AvgIpc) is 3.00. The summed E-state index contributed by atoms with van der Waals surface area (Å²) >= 11 is 0. The van der Waals surface area contributed by atoms with Crippen molar-refractivity contribution in [1.29, 1.82) is 0 Å². The fraction of sp³-hybridized carbons (Fsp3) is 0.500. The molecule has 1 aromatic carbocycles. The number of imide groups is 1. The molecule has 0 bridgehead atoms. The van der Waals surface area contributed by atoms with Gasteiger partial charge in [-0.05, 0) is 37.5 Å². The molecule has 1 unspecified atom stereocenters. The van der Waals surface area contributed by atoms with Crippen LogP contribution in [0.2, 0.25) is 0 Å². The van der Waals surface area contributed by atoms with Gasteiger partial charge in [0.2, 0.25) is 5.91 Å². The maximum absolute atomic E-state index is 13.1. The number of nitrogens with two attached hydrogens (primary N) is 1. The van der Waals surface area contributed by atoms with Crippen LogP contribution in [0.3, 0.4) is 0 Å². The van der Waals surface area contributed by atoms with E-state index in [-0.39, 0.29) is 31.2 Å². The smallest absolute Gasteiger partial charge is 0.313 e. The van der Waals surface area contributed by atoms with E-state index in [4.69, 9.17) is 10.5 Å². The Morgan fingerprint density at radius 3 is 2.64 bits per heavy atom. The molecular weight excluding hydrogens is 362 g/mol. The molecule has 8 nitrogen and oxygen atoms in total. The first kappa shape index (κ1) is 20.0. The normalized spacial score (nSPS) is 19.9. The number of rotatable bonds is 5. The molecule has 2 heterocycles. The number of esters is 1. The molecule has 0 aliphatic carbocycles. The van der Waals surface area contributed by atoms with Crippen LogP contribution in [0, 0.1) is 5.41 Å². The number of amides is 3. The molecule has 0 saturated carbocycles. The molecule has 150 valence electrons. The zero-order chi connectivity index (χ0) is 20.6. The summed E-state index contributed by atoms with van der Waals surface area (Å²) in [7, 11) is 1.27. The van der Waals surface area contributed by atoms with E-state index in [0.717, 1.165) is 16.0 Å². The van der Waals surface area contributed by atoms with Gasteiger partial charge in [0, 0.05) is 31.6 Å². The summed E-state index contributed by atoms with van der Waals surface area (Å²) in [6, 6.07) is 4.69. The second kappa shape index (κ2) is 7.35. The molecule has 8 heteroatoms. The van der Waals surface area contributed by atoms with Crippen molar-refractivity contribution in [3.63, 3.8) is 0 Å². The maximum Gasteiger partial charge on any atom is 0.313 e. The molecule has 3 rings (SSSR count). The first-order valence-corrected chi connectivity index (χ1v) is 9.25. The number of benzene rings is 1. The molecule has 1 saturated heterocycles. The number of likely N-dealkylation sites (tertiary alicyclic amines) is 1. The Morgan fingerprint density at radius 1 is 1.29 bits per heavy atom. The Hall–Kier alpha value is -2.74. The van der Waals surface area contributed by atoms with E-state index >= 15 is 0 Å². The number of fused-ring (bicyclic) bond motifs is 1. The number of carbonyl (C=O) groups excluding carboxylic acids is 4. The van der Waals surface area contributed by atoms with Crippen molar-refractivity contribution >= 4 is 23.7 Å². The van der Waals surface area contributed by atoms with Crippen molar-refractivity contribution in [1.82, 2.24) is 9.80 Å². The average molecular weight is 387 g/mol. The van der Waals surface area contributed by atoms with E-state index < -0.39 is 23.3 Å². The van der Waals surface area contributed by atoms with Crippen LogP contribution < -0.4 is 5.73 Å². The third kappa shape index (κ3) is 3.40. The summed E-state index contributed by atoms with van der Waals surface area (Å²) in [6.07, 6.45) is 0.415. The van der Waals surface area contributed by atoms with Crippen LogP contribution in [0.15, 0.2) is 18.2 Å². The first-order chi connectivity index (χ1) is 13.2. The van der Waals surface area contributed by atoms with E-state index in [1.54, 1.807) is 26.0 Å². The Morgan fingerprint density at radius 2 is 2.00 bits per heavy atom. The van der Waals surface area contributed by atoms with Crippen molar-refractivity contribution < 1.29 is 23.9 Å². The highest BCUT2D eigenvalue weighted by Crippen LogP contribution is 2.31. The Kier molecular flexibility index (Phi) is 5.25. The van der Waals surface area contributed by atoms with Gasteiger partial charge in [0.1, 0.15) is 6.04 Å². The summed E-state index contributed by atoms with van der Waals surface area (Å²) in [6.45, 7) is 3.83. The Balaban J connectivity index is 1.82. The SMILES string of the molecule is COC(=O)C(C)(C)CN1C(=O)CCC(N2Cc3cc(CN)ccc3C2=O)C1=O. The van der Waals surface area contributed by atoms with Crippen molar-refractivity contribution in [3.8, 4) is 0 Å². The van der Waals surface area contributed by atoms with E-state index in [1.165, 1.54) is 12.0 Å². The third-order valence-electron chi connectivity index (χ3n) is 5.39. The Bertz CT molecular complexity index is 848. The van der Waals surface area contributed by atoms with Gasteiger partial charge < -0.3 is 15.4 Å². The lowest BCUT2D eigenvalue weighted by Crippen LogP contribution is -2.57. The second-order valence-electron chi connectivity index (χ2n) is 7.88. The van der Waals surface area contributed by atoms with E-state index in [9.17, 15) is 19.2 Å². The number of piperidine rings is 1. The minimum Gasteiger partial charge on any atom is -0.469 e. The predicted octanol–water partition coefficient (Wildman–Crippen LogP) is 0.818. The number of nitrogens with zero attached hydrogens (tertiary/aromatic N) is 2. The molecule has 2 aliphatic rings. The quantitative estimate of drug-likeness (QED) is 0.592. The van der Waals surface area contributed by atoms with Crippen LogP contribution in [0.1, 0.15) is 48.2 Å². The highest BCUT2D eigenvalue weighted by atomic mass is 16.5. The van der Waals surface area contributed by atoms with Gasteiger partial charge in [0.05, 0.1) is 12.5 Å². The fourth-order valence-electron chi connectivity index (χ4n) is 3.79. The summed E-state index contributed by atoms with van der Waals surface area (Å²) in [5.74, 6) is -1.52. The van der Waals surface area contributed by atoms with Crippen LogP contribution in [-0.2, 0) is 32.2 Å². The van der Waals surface area contributed by atoms with Gasteiger partial charge in [-0.15, -0.1) is 0 Å². The lowest BCUT2D eigenvalue weighted by Gasteiger charge is -2.38. The largest absolute Gasteiger partial charge is 0.469 e. The van der Waals surface area contributed by atoms with Crippen LogP contribution in [0.5, 0.6) is 0 Å². The fourth-order valence-corrected chi connectivity index (χ4v) is 3.79. The van der Waals surface area contributed by atoms with Crippen LogP contribution in [0.4, 0.5) is 0 Å². The molecule has 2 aliphatic heterocycles. The highest BCUT2D eigenvalue weighted by molar-refractivity contribution is 6.05. The van der Waals surface area contributed by atoms with Gasteiger partial charge in [-0.25, -0.2) is 0 Å². The summed E-state index contributed by atoms with van der Waals surface area (Å²) in [4.78, 5) is 52.9. The highest BCUT2D eigenvalue weighted by Gasteiger charge is 2.45. The molecule has 0 aromatic heterocycles. The van der Waals surface area contributed by atoms with Crippen molar-refractivity contribution in [2.24, 2.45) is 11.1 Å². The third-order valence-corrected chi connectivity index (χ3v) is 5.39. The van der Waals surface area contributed by atoms with Crippen molar-refractivity contribution in [2.45, 2.75) is 45.8 Å². The van der Waals surface area contributed by atoms with Crippen LogP contribution >= 0.6 is 0 Å². The Labute approximate surface area is 163 Å². The first-order valence-electron chi connectivity index (χ1n) is 9.25. The van der Waals surface area contributed by atoms with Gasteiger partial charge in [0.15, 0.2) is 0 Å². The van der Waals surface area contributed by atoms with Crippen molar-refractivity contribution in [2.75, 3.05) is 13.7 Å². The molecule has 1 aromatic rings. The van der Waals surface area contributed by atoms with E-state index in [2.05, 4.69) is 0 Å². The summed E-state index contributed by atoms with van der Waals surface area (Å²) < 4.78 is 4.77. The minimum atomic E-state index is -1.03. The molecule has 1 fully saturated rings. The molecule has 0 spiro atoms. The molecule has 28 heavy (non-hydrogen) atoms. The molecular formula is C20H25N3O5. The minimum absolute atomic E-state index is 0.0832. The summed E-state index contributed by atoms with van der Waals surface area (Å²) in [5, 5.41) is 0. The van der Waals surface area contributed by atoms with Crippen LogP contribution in [0.25, 0.3) is 0 Å². The van der Waals surface area contributed by atoms with Crippen LogP contribution in [-0.4, -0.2) is 53.2 Å².